The number of alkyl carbamates (subject to hydrolysis) is 1. The van der Waals surface area contributed by atoms with Crippen molar-refractivity contribution in [2.75, 3.05) is 11.9 Å². The van der Waals surface area contributed by atoms with Crippen LogP contribution in [0.25, 0.3) is 11.1 Å². The highest BCUT2D eigenvalue weighted by Gasteiger charge is 2.30. The van der Waals surface area contributed by atoms with E-state index in [-0.39, 0.29) is 24.1 Å². The third-order valence-electron chi connectivity index (χ3n) is 6.05. The average Bonchev–Trinajstić information content (AvgIpc) is 3.15. The van der Waals surface area contributed by atoms with Crippen LogP contribution in [0.1, 0.15) is 41.3 Å². The van der Waals surface area contributed by atoms with E-state index in [4.69, 9.17) is 9.84 Å². The molecule has 3 N–H and O–H groups in total. The van der Waals surface area contributed by atoms with Crippen molar-refractivity contribution in [3.63, 3.8) is 0 Å². The number of carboxylic acid groups (broad SMARTS) is 1. The highest BCUT2D eigenvalue weighted by Crippen LogP contribution is 2.44. The number of halogens is 1. The van der Waals surface area contributed by atoms with Crippen LogP contribution in [0.4, 0.5) is 14.9 Å². The van der Waals surface area contributed by atoms with Gasteiger partial charge in [-0.15, -0.1) is 0 Å². The molecule has 0 spiro atoms. The first-order chi connectivity index (χ1) is 16.8. The lowest BCUT2D eigenvalue weighted by Gasteiger charge is -2.22. The number of amides is 2. The standard InChI is InChI=1S/C27H25FN2O5/c1-15(2)24(25(31)29-22-13-7-12-20(23(22)28)26(32)33)30-27(34)35-14-21-18-10-5-3-8-16(18)17-9-4-6-11-19(17)21/h3-13,15,21,24H,14H2,1-2H3,(H,29,31)(H,30,34)(H,32,33)/t24-/m0/s1. The van der Waals surface area contributed by atoms with Crippen LogP contribution in [-0.4, -0.2) is 35.7 Å². The van der Waals surface area contributed by atoms with Crippen molar-refractivity contribution in [3.8, 4) is 11.1 Å². The molecule has 1 aliphatic rings. The number of rotatable bonds is 7. The van der Waals surface area contributed by atoms with Crippen LogP contribution >= 0.6 is 0 Å². The highest BCUT2D eigenvalue weighted by atomic mass is 19.1. The van der Waals surface area contributed by atoms with Gasteiger partial charge in [-0.05, 0) is 40.3 Å². The smallest absolute Gasteiger partial charge is 0.407 e. The van der Waals surface area contributed by atoms with Crippen molar-refractivity contribution >= 4 is 23.7 Å². The minimum Gasteiger partial charge on any atom is -0.478 e. The van der Waals surface area contributed by atoms with Crippen LogP contribution < -0.4 is 10.6 Å². The van der Waals surface area contributed by atoms with Crippen molar-refractivity contribution in [1.82, 2.24) is 5.32 Å². The molecule has 3 aromatic carbocycles. The quantitative estimate of drug-likeness (QED) is 0.444. The summed E-state index contributed by atoms with van der Waals surface area (Å²) in [6.07, 6.45) is -0.777. The lowest BCUT2D eigenvalue weighted by Crippen LogP contribution is -2.47. The molecule has 3 aromatic rings. The van der Waals surface area contributed by atoms with Gasteiger partial charge in [0.2, 0.25) is 5.91 Å². The second-order valence-corrected chi connectivity index (χ2v) is 8.65. The molecule has 8 heteroatoms. The Kier molecular flexibility index (Phi) is 6.82. The molecule has 0 aromatic heterocycles. The maximum atomic E-state index is 14.4. The second kappa shape index (κ2) is 9.97. The van der Waals surface area contributed by atoms with E-state index < -0.39 is 35.4 Å². The lowest BCUT2D eigenvalue weighted by molar-refractivity contribution is -0.119. The van der Waals surface area contributed by atoms with Crippen molar-refractivity contribution < 1.29 is 28.6 Å². The molecular weight excluding hydrogens is 451 g/mol. The molecule has 7 nitrogen and oxygen atoms in total. The number of aromatic carboxylic acids is 1. The molecule has 35 heavy (non-hydrogen) atoms. The summed E-state index contributed by atoms with van der Waals surface area (Å²) in [4.78, 5) is 36.6. The van der Waals surface area contributed by atoms with E-state index in [0.29, 0.717) is 0 Å². The van der Waals surface area contributed by atoms with E-state index >= 15 is 0 Å². The molecule has 0 bridgehead atoms. The minimum absolute atomic E-state index is 0.0849. The Morgan fingerprint density at radius 1 is 0.943 bits per heavy atom. The zero-order valence-corrected chi connectivity index (χ0v) is 19.2. The largest absolute Gasteiger partial charge is 0.478 e. The van der Waals surface area contributed by atoms with Crippen LogP contribution in [0, 0.1) is 11.7 Å². The summed E-state index contributed by atoms with van der Waals surface area (Å²) in [5, 5.41) is 14.0. The van der Waals surface area contributed by atoms with E-state index in [0.717, 1.165) is 28.3 Å². The zero-order valence-electron chi connectivity index (χ0n) is 19.2. The fraction of sp³-hybridized carbons (Fsp3) is 0.222. The van der Waals surface area contributed by atoms with E-state index in [9.17, 15) is 18.8 Å². The molecule has 0 heterocycles. The van der Waals surface area contributed by atoms with Gasteiger partial charge in [-0.3, -0.25) is 4.79 Å². The Morgan fingerprint density at radius 3 is 2.11 bits per heavy atom. The van der Waals surface area contributed by atoms with Crippen LogP contribution in [0.5, 0.6) is 0 Å². The number of hydrogen-bond donors (Lipinski definition) is 3. The van der Waals surface area contributed by atoms with Crippen LogP contribution in [0.3, 0.4) is 0 Å². The number of anilines is 1. The number of hydrogen-bond acceptors (Lipinski definition) is 4. The molecule has 0 saturated heterocycles. The van der Waals surface area contributed by atoms with Crippen molar-refractivity contribution in [2.45, 2.75) is 25.8 Å². The van der Waals surface area contributed by atoms with E-state index in [2.05, 4.69) is 10.6 Å². The van der Waals surface area contributed by atoms with E-state index in [1.807, 2.05) is 48.5 Å². The maximum absolute atomic E-state index is 14.4. The van der Waals surface area contributed by atoms with Gasteiger partial charge in [0.25, 0.3) is 0 Å². The number of fused-ring (bicyclic) bond motifs is 3. The fourth-order valence-electron chi connectivity index (χ4n) is 4.31. The Morgan fingerprint density at radius 2 is 1.54 bits per heavy atom. The molecule has 180 valence electrons. The topological polar surface area (TPSA) is 105 Å². The van der Waals surface area contributed by atoms with Gasteiger partial charge in [0, 0.05) is 5.92 Å². The number of ether oxygens (including phenoxy) is 1. The molecule has 1 aliphatic carbocycles. The second-order valence-electron chi connectivity index (χ2n) is 8.65. The van der Waals surface area contributed by atoms with Gasteiger partial charge in [0.05, 0.1) is 11.3 Å². The highest BCUT2D eigenvalue weighted by molar-refractivity contribution is 5.98. The SMILES string of the molecule is CC(C)[C@H](NC(=O)OCC1c2ccccc2-c2ccccc21)C(=O)Nc1cccc(C(=O)O)c1F. The zero-order chi connectivity index (χ0) is 25.1. The number of benzene rings is 3. The summed E-state index contributed by atoms with van der Waals surface area (Å²) in [5.41, 5.74) is 3.48. The van der Waals surface area contributed by atoms with E-state index in [1.165, 1.54) is 12.1 Å². The third-order valence-corrected chi connectivity index (χ3v) is 6.05. The fourth-order valence-corrected chi connectivity index (χ4v) is 4.31. The monoisotopic (exact) mass is 476 g/mol. The number of carbonyl (C=O) groups is 3. The Bertz CT molecular complexity index is 1240. The first-order valence-electron chi connectivity index (χ1n) is 11.2. The minimum atomic E-state index is -1.45. The summed E-state index contributed by atoms with van der Waals surface area (Å²) in [6, 6.07) is 18.5. The van der Waals surface area contributed by atoms with Gasteiger partial charge in [0.15, 0.2) is 5.82 Å². The summed E-state index contributed by atoms with van der Waals surface area (Å²) in [6.45, 7) is 3.53. The molecule has 4 rings (SSSR count). The molecule has 2 amide bonds. The van der Waals surface area contributed by atoms with Gasteiger partial charge in [0.1, 0.15) is 12.6 Å². The van der Waals surface area contributed by atoms with Crippen molar-refractivity contribution in [3.05, 3.63) is 89.2 Å². The van der Waals surface area contributed by atoms with Gasteiger partial charge in [-0.2, -0.15) is 0 Å². The third kappa shape index (κ3) is 4.87. The van der Waals surface area contributed by atoms with Crippen LogP contribution in [0.2, 0.25) is 0 Å². The molecule has 0 aliphatic heterocycles. The maximum Gasteiger partial charge on any atom is 0.407 e. The van der Waals surface area contributed by atoms with Crippen molar-refractivity contribution in [2.24, 2.45) is 5.92 Å². The van der Waals surface area contributed by atoms with Crippen LogP contribution in [0.15, 0.2) is 66.7 Å². The summed E-state index contributed by atoms with van der Waals surface area (Å²) >= 11 is 0. The van der Waals surface area contributed by atoms with Crippen molar-refractivity contribution in [1.29, 1.82) is 0 Å². The summed E-state index contributed by atoms with van der Waals surface area (Å²) < 4.78 is 20.0. The molecular formula is C27H25FN2O5. The molecule has 0 saturated carbocycles. The van der Waals surface area contributed by atoms with Gasteiger partial charge in [-0.25, -0.2) is 14.0 Å². The average molecular weight is 477 g/mol. The normalized spacial score (nSPS) is 13.0. The Balaban J connectivity index is 1.44. The molecule has 1 atom stereocenters. The number of nitrogens with one attached hydrogen (secondary N) is 2. The Labute approximate surface area is 201 Å². The van der Waals surface area contributed by atoms with E-state index in [1.54, 1.807) is 13.8 Å². The van der Waals surface area contributed by atoms with Gasteiger partial charge < -0.3 is 20.5 Å². The molecule has 0 radical (unpaired) electrons. The predicted molar refractivity (Wildman–Crippen MR) is 129 cm³/mol. The van der Waals surface area contributed by atoms with Crippen LogP contribution in [-0.2, 0) is 9.53 Å². The first kappa shape index (κ1) is 23.9. The summed E-state index contributed by atoms with van der Waals surface area (Å²) in [7, 11) is 0. The predicted octanol–water partition coefficient (Wildman–Crippen LogP) is 5.03. The lowest BCUT2D eigenvalue weighted by atomic mass is 9.98. The van der Waals surface area contributed by atoms with Gasteiger partial charge in [-0.1, -0.05) is 68.4 Å². The number of carbonyl (C=O) groups excluding carboxylic acids is 2. The number of carboxylic acids is 1. The summed E-state index contributed by atoms with van der Waals surface area (Å²) in [5.74, 6) is -3.67. The molecule has 0 fully saturated rings. The first-order valence-corrected chi connectivity index (χ1v) is 11.2. The molecule has 0 unspecified atom stereocenters. The Hall–Kier alpha value is -4.20. The van der Waals surface area contributed by atoms with Gasteiger partial charge >= 0.3 is 12.1 Å².